The molecule has 2 nitrogen and oxygen atoms in total. The molecule has 0 aliphatic rings. The van der Waals surface area contributed by atoms with Gasteiger partial charge >= 0.3 is 0 Å². The summed E-state index contributed by atoms with van der Waals surface area (Å²) in [6, 6.07) is 17.9. The molecule has 0 saturated heterocycles. The first kappa shape index (κ1) is 11.7. The quantitative estimate of drug-likeness (QED) is 0.852. The van der Waals surface area contributed by atoms with Crippen LogP contribution in [0.25, 0.3) is 0 Å². The number of aliphatic hydroxyl groups is 1. The summed E-state index contributed by atoms with van der Waals surface area (Å²) in [7, 11) is 0. The molecule has 2 rings (SSSR count). The molecule has 0 amide bonds. The second-order valence-corrected chi connectivity index (χ2v) is 3.86. The summed E-state index contributed by atoms with van der Waals surface area (Å²) in [4.78, 5) is 0. The van der Waals surface area contributed by atoms with Crippen LogP contribution >= 0.6 is 0 Å². The molecule has 0 spiro atoms. The Hall–Kier alpha value is -1.80. The van der Waals surface area contributed by atoms with Crippen molar-refractivity contribution in [2.45, 2.75) is 13.0 Å². The smallest absolute Gasteiger partial charge is 0.123 e. The Morgan fingerprint density at radius 1 is 0.882 bits per heavy atom. The molecule has 0 saturated carbocycles. The van der Waals surface area contributed by atoms with Crippen LogP contribution in [0, 0.1) is 0 Å². The second-order valence-electron chi connectivity index (χ2n) is 3.86. The fourth-order valence-electron chi connectivity index (χ4n) is 1.71. The van der Waals surface area contributed by atoms with Crippen LogP contribution in [0.1, 0.15) is 11.1 Å². The topological polar surface area (TPSA) is 29.5 Å². The number of para-hydroxylation sites is 1. The average molecular weight is 228 g/mol. The van der Waals surface area contributed by atoms with E-state index in [-0.39, 0.29) is 6.61 Å². The van der Waals surface area contributed by atoms with Crippen molar-refractivity contribution in [2.75, 3.05) is 6.61 Å². The summed E-state index contributed by atoms with van der Waals surface area (Å²) < 4.78 is 5.76. The molecule has 0 bridgehead atoms. The first-order valence-corrected chi connectivity index (χ1v) is 5.75. The predicted molar refractivity (Wildman–Crippen MR) is 68.0 cm³/mol. The Morgan fingerprint density at radius 3 is 2.35 bits per heavy atom. The van der Waals surface area contributed by atoms with Gasteiger partial charge in [-0.1, -0.05) is 48.5 Å². The fourth-order valence-corrected chi connectivity index (χ4v) is 1.71. The van der Waals surface area contributed by atoms with Gasteiger partial charge in [0.25, 0.3) is 0 Å². The normalized spacial score (nSPS) is 10.2. The molecule has 0 aliphatic heterocycles. The first-order chi connectivity index (χ1) is 8.40. The monoisotopic (exact) mass is 228 g/mol. The number of aliphatic hydroxyl groups excluding tert-OH is 1. The summed E-state index contributed by atoms with van der Waals surface area (Å²) in [5, 5.41) is 8.97. The highest BCUT2D eigenvalue weighted by atomic mass is 16.5. The molecule has 0 aromatic heterocycles. The van der Waals surface area contributed by atoms with E-state index in [4.69, 9.17) is 9.84 Å². The van der Waals surface area contributed by atoms with E-state index in [2.05, 4.69) is 0 Å². The molecule has 0 radical (unpaired) electrons. The molecule has 0 aliphatic carbocycles. The largest absolute Gasteiger partial charge is 0.489 e. The van der Waals surface area contributed by atoms with Crippen molar-refractivity contribution in [2.24, 2.45) is 0 Å². The van der Waals surface area contributed by atoms with Crippen LogP contribution in [0.4, 0.5) is 0 Å². The van der Waals surface area contributed by atoms with Crippen LogP contribution in [0.15, 0.2) is 54.6 Å². The Labute approximate surface area is 101 Å². The van der Waals surface area contributed by atoms with Gasteiger partial charge in [0.15, 0.2) is 0 Å². The Bertz CT molecular complexity index is 451. The van der Waals surface area contributed by atoms with E-state index in [0.29, 0.717) is 13.0 Å². The van der Waals surface area contributed by atoms with Crippen molar-refractivity contribution in [1.82, 2.24) is 0 Å². The van der Waals surface area contributed by atoms with Crippen LogP contribution in [-0.2, 0) is 13.0 Å². The van der Waals surface area contributed by atoms with Crippen LogP contribution in [0.3, 0.4) is 0 Å². The minimum atomic E-state index is 0.145. The Morgan fingerprint density at radius 2 is 1.59 bits per heavy atom. The van der Waals surface area contributed by atoms with E-state index in [1.807, 2.05) is 54.6 Å². The zero-order chi connectivity index (χ0) is 11.9. The molecule has 17 heavy (non-hydrogen) atoms. The van der Waals surface area contributed by atoms with Crippen LogP contribution in [0.2, 0.25) is 0 Å². The Kier molecular flexibility index (Phi) is 4.17. The SMILES string of the molecule is OCCc1ccccc1OCc1ccccc1. The van der Waals surface area contributed by atoms with Crippen molar-refractivity contribution < 1.29 is 9.84 Å². The van der Waals surface area contributed by atoms with Crippen molar-refractivity contribution >= 4 is 0 Å². The summed E-state index contributed by atoms with van der Waals surface area (Å²) in [6.45, 7) is 0.703. The average Bonchev–Trinajstić information content (AvgIpc) is 2.39. The number of hydrogen-bond acceptors (Lipinski definition) is 2. The highest BCUT2D eigenvalue weighted by Crippen LogP contribution is 2.19. The predicted octanol–water partition coefficient (Wildman–Crippen LogP) is 2.80. The van der Waals surface area contributed by atoms with Gasteiger partial charge in [-0.3, -0.25) is 0 Å². The highest BCUT2D eigenvalue weighted by Gasteiger charge is 2.02. The molecule has 0 atom stereocenters. The summed E-state index contributed by atoms with van der Waals surface area (Å²) in [5.74, 6) is 0.852. The minimum Gasteiger partial charge on any atom is -0.489 e. The lowest BCUT2D eigenvalue weighted by Crippen LogP contribution is -1.99. The molecular formula is C15H16O2. The van der Waals surface area contributed by atoms with E-state index in [0.717, 1.165) is 16.9 Å². The maximum Gasteiger partial charge on any atom is 0.123 e. The molecule has 2 aromatic rings. The van der Waals surface area contributed by atoms with Gasteiger partial charge in [0.2, 0.25) is 0 Å². The lowest BCUT2D eigenvalue weighted by molar-refractivity contribution is 0.284. The van der Waals surface area contributed by atoms with Gasteiger partial charge < -0.3 is 9.84 Å². The molecule has 2 heteroatoms. The van der Waals surface area contributed by atoms with Gasteiger partial charge in [-0.25, -0.2) is 0 Å². The molecule has 88 valence electrons. The first-order valence-electron chi connectivity index (χ1n) is 5.75. The summed E-state index contributed by atoms with van der Waals surface area (Å²) >= 11 is 0. The molecule has 2 aromatic carbocycles. The van der Waals surface area contributed by atoms with Crippen LogP contribution < -0.4 is 4.74 Å². The zero-order valence-corrected chi connectivity index (χ0v) is 9.67. The Balaban J connectivity index is 2.03. The number of benzene rings is 2. The third-order valence-corrected chi connectivity index (χ3v) is 2.59. The zero-order valence-electron chi connectivity index (χ0n) is 9.67. The summed E-state index contributed by atoms with van der Waals surface area (Å²) in [5.41, 5.74) is 2.19. The van der Waals surface area contributed by atoms with Crippen LogP contribution in [0.5, 0.6) is 5.75 Å². The van der Waals surface area contributed by atoms with Crippen molar-refractivity contribution in [3.8, 4) is 5.75 Å². The summed E-state index contributed by atoms with van der Waals surface area (Å²) in [6.07, 6.45) is 0.630. The molecule has 0 unspecified atom stereocenters. The van der Waals surface area contributed by atoms with Gasteiger partial charge in [-0.15, -0.1) is 0 Å². The van der Waals surface area contributed by atoms with Gasteiger partial charge in [0, 0.05) is 6.61 Å². The maximum atomic E-state index is 8.97. The number of ether oxygens (including phenoxy) is 1. The lowest BCUT2D eigenvalue weighted by atomic mass is 10.1. The van der Waals surface area contributed by atoms with Crippen molar-refractivity contribution in [3.63, 3.8) is 0 Å². The number of rotatable bonds is 5. The third kappa shape index (κ3) is 3.33. The second kappa shape index (κ2) is 6.06. The van der Waals surface area contributed by atoms with Crippen LogP contribution in [-0.4, -0.2) is 11.7 Å². The third-order valence-electron chi connectivity index (χ3n) is 2.59. The van der Waals surface area contributed by atoms with Crippen molar-refractivity contribution in [1.29, 1.82) is 0 Å². The van der Waals surface area contributed by atoms with Gasteiger partial charge in [-0.05, 0) is 23.6 Å². The van der Waals surface area contributed by atoms with E-state index < -0.39 is 0 Å². The minimum absolute atomic E-state index is 0.145. The van der Waals surface area contributed by atoms with Gasteiger partial charge in [0.1, 0.15) is 12.4 Å². The van der Waals surface area contributed by atoms with E-state index in [9.17, 15) is 0 Å². The maximum absolute atomic E-state index is 8.97. The van der Waals surface area contributed by atoms with Crippen molar-refractivity contribution in [3.05, 3.63) is 65.7 Å². The fraction of sp³-hybridized carbons (Fsp3) is 0.200. The lowest BCUT2D eigenvalue weighted by Gasteiger charge is -2.10. The molecule has 0 heterocycles. The van der Waals surface area contributed by atoms with Gasteiger partial charge in [-0.2, -0.15) is 0 Å². The molecule has 0 fully saturated rings. The standard InChI is InChI=1S/C15H16O2/c16-11-10-14-8-4-5-9-15(14)17-12-13-6-2-1-3-7-13/h1-9,16H,10-12H2. The van der Waals surface area contributed by atoms with Gasteiger partial charge in [0.05, 0.1) is 0 Å². The van der Waals surface area contributed by atoms with E-state index in [1.54, 1.807) is 0 Å². The van der Waals surface area contributed by atoms with E-state index in [1.165, 1.54) is 0 Å². The molecule has 1 N–H and O–H groups in total. The molecular weight excluding hydrogens is 212 g/mol. The highest BCUT2D eigenvalue weighted by molar-refractivity contribution is 5.33. The number of hydrogen-bond donors (Lipinski definition) is 1. The van der Waals surface area contributed by atoms with E-state index >= 15 is 0 Å².